The largest absolute Gasteiger partial charge is 0.350 e. The summed E-state index contributed by atoms with van der Waals surface area (Å²) in [4.78, 5) is 57.1. The van der Waals surface area contributed by atoms with E-state index in [1.807, 2.05) is 36.4 Å². The van der Waals surface area contributed by atoms with Crippen LogP contribution in [0.2, 0.25) is 10.0 Å². The minimum absolute atomic E-state index is 0.0944. The minimum atomic E-state index is -0.730. The van der Waals surface area contributed by atoms with Gasteiger partial charge in [-0.15, -0.1) is 0 Å². The SMILES string of the molecule is N#C/C(C(=O)NCCNC(=O)/C(C#N)=C1/S[C@H](Cc2ccc(Cl)cc2)C(=O)N1c1ccccc1)=C1/S[C@H](Cc2ccc(Cl)cc2)C(=O)N1c1ccccc1. The van der Waals surface area contributed by atoms with Crippen LogP contribution in [0.5, 0.6) is 0 Å². The Morgan fingerprint density at radius 1 is 0.593 bits per heavy atom. The number of rotatable bonds is 11. The van der Waals surface area contributed by atoms with Gasteiger partial charge < -0.3 is 10.6 Å². The molecule has 2 fully saturated rings. The Bertz CT molecular complexity index is 2060. The van der Waals surface area contributed by atoms with Crippen molar-refractivity contribution < 1.29 is 19.2 Å². The second-order valence-corrected chi connectivity index (χ2v) is 15.2. The zero-order valence-corrected chi connectivity index (χ0v) is 31.5. The van der Waals surface area contributed by atoms with Crippen molar-refractivity contribution in [2.45, 2.75) is 23.3 Å². The lowest BCUT2D eigenvalue weighted by molar-refractivity contribution is -0.119. The van der Waals surface area contributed by atoms with Crippen molar-refractivity contribution in [2.24, 2.45) is 0 Å². The van der Waals surface area contributed by atoms with Gasteiger partial charge in [-0.3, -0.25) is 29.0 Å². The van der Waals surface area contributed by atoms with Gasteiger partial charge in [-0.25, -0.2) is 0 Å². The van der Waals surface area contributed by atoms with E-state index in [0.29, 0.717) is 34.3 Å². The molecule has 2 saturated heterocycles. The number of amides is 4. The van der Waals surface area contributed by atoms with Crippen LogP contribution in [0.3, 0.4) is 0 Å². The summed E-state index contributed by atoms with van der Waals surface area (Å²) in [6, 6.07) is 35.7. The average Bonchev–Trinajstić information content (AvgIpc) is 3.67. The van der Waals surface area contributed by atoms with E-state index >= 15 is 0 Å². The highest BCUT2D eigenvalue weighted by molar-refractivity contribution is 8.05. The molecular formula is C40H30Cl2N6O4S2. The van der Waals surface area contributed by atoms with Gasteiger partial charge in [0.1, 0.15) is 33.3 Å². The van der Waals surface area contributed by atoms with Gasteiger partial charge in [-0.05, 0) is 72.5 Å². The summed E-state index contributed by atoms with van der Waals surface area (Å²) in [5.41, 5.74) is 2.25. The Kier molecular flexibility index (Phi) is 12.4. The maximum Gasteiger partial charge on any atom is 0.264 e. The standard InChI is InChI=1S/C40H30Cl2N6O4S2/c41-27-15-11-25(12-16-27)21-33-37(51)47(29-7-3-1-4-8-29)39(53-33)31(23-43)35(49)45-19-20-46-36(50)32(24-44)40-48(30-9-5-2-6-10-30)38(52)34(54-40)22-26-13-17-28(42)18-14-26/h1-18,33-34H,19-22H2,(H,45,49)(H,46,50)/b39-31-,40-32+/t33-,34-/m1/s1. The summed E-state index contributed by atoms with van der Waals surface area (Å²) in [5.74, 6) is -2.01. The molecule has 2 atom stereocenters. The molecule has 0 spiro atoms. The van der Waals surface area contributed by atoms with E-state index in [-0.39, 0.29) is 46.1 Å². The third kappa shape index (κ3) is 8.65. The first kappa shape index (κ1) is 38.2. The fraction of sp³-hybridized carbons (Fsp3) is 0.150. The van der Waals surface area contributed by atoms with Crippen LogP contribution in [0.1, 0.15) is 11.1 Å². The Hall–Kier alpha value is -5.50. The van der Waals surface area contributed by atoms with Crippen molar-refractivity contribution in [3.63, 3.8) is 0 Å². The molecule has 270 valence electrons. The molecular weight excluding hydrogens is 764 g/mol. The summed E-state index contributed by atoms with van der Waals surface area (Å²) in [5, 5.41) is 26.0. The molecule has 4 amide bonds. The lowest BCUT2D eigenvalue weighted by atomic mass is 10.1. The third-order valence-electron chi connectivity index (χ3n) is 8.40. The first-order valence-electron chi connectivity index (χ1n) is 16.6. The normalized spacial score (nSPS) is 18.5. The van der Waals surface area contributed by atoms with E-state index < -0.39 is 22.3 Å². The molecule has 6 rings (SSSR count). The molecule has 0 radical (unpaired) electrons. The lowest BCUT2D eigenvalue weighted by Crippen LogP contribution is -2.37. The van der Waals surface area contributed by atoms with Gasteiger partial charge in [-0.2, -0.15) is 10.5 Å². The number of hydrogen-bond donors (Lipinski definition) is 2. The first-order valence-corrected chi connectivity index (χ1v) is 19.2. The third-order valence-corrected chi connectivity index (χ3v) is 11.4. The van der Waals surface area contributed by atoms with Crippen LogP contribution in [-0.2, 0) is 32.0 Å². The summed E-state index contributed by atoms with van der Waals surface area (Å²) in [6.07, 6.45) is 0.702. The lowest BCUT2D eigenvalue weighted by Gasteiger charge is -2.19. The highest BCUT2D eigenvalue weighted by atomic mass is 35.5. The number of para-hydroxylation sites is 2. The Morgan fingerprint density at radius 2 is 0.944 bits per heavy atom. The maximum atomic E-state index is 13.7. The van der Waals surface area contributed by atoms with Crippen LogP contribution in [0.4, 0.5) is 11.4 Å². The number of carbonyl (C=O) groups excluding carboxylic acids is 4. The molecule has 0 saturated carbocycles. The monoisotopic (exact) mass is 792 g/mol. The molecule has 0 unspecified atom stereocenters. The quantitative estimate of drug-likeness (QED) is 0.0961. The number of thioether (sulfide) groups is 2. The van der Waals surface area contributed by atoms with E-state index in [0.717, 1.165) is 34.7 Å². The van der Waals surface area contributed by atoms with Crippen LogP contribution >= 0.6 is 46.7 Å². The van der Waals surface area contributed by atoms with Gasteiger partial charge in [0.2, 0.25) is 11.8 Å². The predicted molar refractivity (Wildman–Crippen MR) is 212 cm³/mol. The van der Waals surface area contributed by atoms with Crippen LogP contribution in [0, 0.1) is 22.7 Å². The number of hydrogen-bond acceptors (Lipinski definition) is 8. The number of nitrogens with one attached hydrogen (secondary N) is 2. The summed E-state index contributed by atoms with van der Waals surface area (Å²) in [7, 11) is 0. The highest BCUT2D eigenvalue weighted by Gasteiger charge is 2.42. The van der Waals surface area contributed by atoms with E-state index in [4.69, 9.17) is 23.2 Å². The first-order chi connectivity index (χ1) is 26.2. The van der Waals surface area contributed by atoms with Gasteiger partial charge >= 0.3 is 0 Å². The van der Waals surface area contributed by atoms with Crippen molar-refractivity contribution in [3.8, 4) is 12.1 Å². The van der Waals surface area contributed by atoms with Crippen LogP contribution < -0.4 is 20.4 Å². The van der Waals surface area contributed by atoms with Crippen molar-refractivity contribution >= 4 is 81.7 Å². The smallest absolute Gasteiger partial charge is 0.264 e. The van der Waals surface area contributed by atoms with Crippen LogP contribution in [0.25, 0.3) is 0 Å². The van der Waals surface area contributed by atoms with E-state index in [9.17, 15) is 29.7 Å². The van der Waals surface area contributed by atoms with Gasteiger partial charge in [0, 0.05) is 34.5 Å². The second-order valence-electron chi connectivity index (χ2n) is 12.0. The molecule has 10 nitrogen and oxygen atoms in total. The topological polar surface area (TPSA) is 146 Å². The number of nitrogens with zero attached hydrogens (tertiary/aromatic N) is 4. The summed E-state index contributed by atoms with van der Waals surface area (Å²) >= 11 is 14.4. The number of carbonyl (C=O) groups is 4. The number of halogens is 2. The van der Waals surface area contributed by atoms with E-state index in [2.05, 4.69) is 10.6 Å². The molecule has 14 heteroatoms. The van der Waals surface area contributed by atoms with Gasteiger partial charge in [-0.1, -0.05) is 107 Å². The van der Waals surface area contributed by atoms with E-state index in [1.54, 1.807) is 84.9 Å². The number of anilines is 2. The zero-order chi connectivity index (χ0) is 38.2. The van der Waals surface area contributed by atoms with Crippen molar-refractivity contribution in [2.75, 3.05) is 22.9 Å². The van der Waals surface area contributed by atoms with Crippen molar-refractivity contribution in [1.29, 1.82) is 10.5 Å². The predicted octanol–water partition coefficient (Wildman–Crippen LogP) is 6.78. The molecule has 4 aromatic carbocycles. The van der Waals surface area contributed by atoms with Gasteiger partial charge in [0.15, 0.2) is 0 Å². The molecule has 0 aliphatic carbocycles. The molecule has 0 bridgehead atoms. The summed E-state index contributed by atoms with van der Waals surface area (Å²) in [6.45, 7) is -0.189. The fourth-order valence-corrected chi connectivity index (χ4v) is 8.66. The Morgan fingerprint density at radius 3 is 1.28 bits per heavy atom. The molecule has 4 aromatic rings. The van der Waals surface area contributed by atoms with Crippen LogP contribution in [0.15, 0.2) is 130 Å². The molecule has 2 N–H and O–H groups in total. The highest BCUT2D eigenvalue weighted by Crippen LogP contribution is 2.43. The van der Waals surface area contributed by atoms with Gasteiger partial charge in [0.25, 0.3) is 11.8 Å². The Labute approximate surface area is 330 Å². The maximum absolute atomic E-state index is 13.7. The molecule has 54 heavy (non-hydrogen) atoms. The van der Waals surface area contributed by atoms with E-state index in [1.165, 1.54) is 9.80 Å². The van der Waals surface area contributed by atoms with Crippen molar-refractivity contribution in [1.82, 2.24) is 10.6 Å². The summed E-state index contributed by atoms with van der Waals surface area (Å²) < 4.78 is 0. The molecule has 2 aliphatic rings. The average molecular weight is 794 g/mol. The Balaban J connectivity index is 1.16. The molecule has 2 heterocycles. The van der Waals surface area contributed by atoms with Gasteiger partial charge in [0.05, 0.1) is 10.5 Å². The second kappa shape index (κ2) is 17.5. The number of nitriles is 2. The fourth-order valence-electron chi connectivity index (χ4n) is 5.80. The number of benzene rings is 4. The van der Waals surface area contributed by atoms with Crippen LogP contribution in [-0.4, -0.2) is 47.2 Å². The minimum Gasteiger partial charge on any atom is -0.350 e. The molecule has 2 aliphatic heterocycles. The zero-order valence-electron chi connectivity index (χ0n) is 28.4. The van der Waals surface area contributed by atoms with Crippen molar-refractivity contribution in [3.05, 3.63) is 152 Å². The molecule has 0 aromatic heterocycles.